The van der Waals surface area contributed by atoms with E-state index in [-0.39, 0.29) is 29.3 Å². The summed E-state index contributed by atoms with van der Waals surface area (Å²) in [5.74, 6) is 3.31. The smallest absolute Gasteiger partial charge is 0.408 e. The summed E-state index contributed by atoms with van der Waals surface area (Å²) in [4.78, 5) is 70.3. The number of fused-ring (bicyclic) bond motifs is 2. The van der Waals surface area contributed by atoms with Gasteiger partial charge in [0.05, 0.1) is 50.1 Å². The molecule has 1 saturated carbocycles. The Morgan fingerprint density at radius 1 is 0.776 bits per heavy atom. The molecule has 2 saturated heterocycles. The average Bonchev–Trinajstić information content (AvgIpc) is 4.11. The maximum absolute atomic E-state index is 13.4. The van der Waals surface area contributed by atoms with Crippen molar-refractivity contribution in [3.05, 3.63) is 71.6 Å². The third-order valence-electron chi connectivity index (χ3n) is 12.7. The van der Waals surface area contributed by atoms with Crippen molar-refractivity contribution in [2.24, 2.45) is 0 Å². The molecule has 2 aromatic carbocycles. The van der Waals surface area contributed by atoms with Gasteiger partial charge in [-0.2, -0.15) is 0 Å². The van der Waals surface area contributed by atoms with Crippen LogP contribution >= 0.6 is 0 Å². The minimum Gasteiger partial charge on any atom is -0.453 e. The summed E-state index contributed by atoms with van der Waals surface area (Å²) >= 11 is 0. The van der Waals surface area contributed by atoms with E-state index < -0.39 is 24.3 Å². The Bertz CT molecular complexity index is 2250. The zero-order chi connectivity index (χ0) is 40.6. The van der Waals surface area contributed by atoms with Gasteiger partial charge in [-0.25, -0.2) is 19.6 Å². The molecular formula is C44H50N8O6. The maximum atomic E-state index is 13.4. The quantitative estimate of drug-likeness (QED) is 0.143. The highest BCUT2D eigenvalue weighted by Gasteiger charge is 2.44. The summed E-state index contributed by atoms with van der Waals surface area (Å²) in [5.41, 5.74) is 9.31. The van der Waals surface area contributed by atoms with Crippen molar-refractivity contribution in [1.29, 1.82) is 0 Å². The number of carbonyl (C=O) groups is 4. The molecule has 58 heavy (non-hydrogen) atoms. The maximum Gasteiger partial charge on any atom is 0.408 e. The number of H-pyrrole nitrogens is 2. The van der Waals surface area contributed by atoms with Crippen LogP contribution in [0.5, 0.6) is 0 Å². The van der Waals surface area contributed by atoms with E-state index in [9.17, 15) is 19.2 Å². The fraction of sp³-hybridized carbons (Fsp3) is 0.455. The molecule has 0 unspecified atom stereocenters. The number of likely N-dealkylation sites (tertiary alicyclic amines) is 2. The van der Waals surface area contributed by atoms with Crippen LogP contribution in [0.15, 0.2) is 48.8 Å². The van der Waals surface area contributed by atoms with Gasteiger partial charge < -0.3 is 34.6 Å². The minimum absolute atomic E-state index is 0.139. The summed E-state index contributed by atoms with van der Waals surface area (Å²) in [6.45, 7) is 2.78. The van der Waals surface area contributed by atoms with Crippen molar-refractivity contribution in [2.75, 3.05) is 27.3 Å². The number of methoxy groups -OCH3 is 2. The summed E-state index contributed by atoms with van der Waals surface area (Å²) in [6, 6.07) is 10.8. The molecule has 2 aromatic heterocycles. The van der Waals surface area contributed by atoms with Crippen LogP contribution in [0.4, 0.5) is 9.59 Å². The van der Waals surface area contributed by atoms with E-state index in [2.05, 4.69) is 72.4 Å². The number of ether oxygens (including phenoxy) is 2. The van der Waals surface area contributed by atoms with Crippen molar-refractivity contribution in [1.82, 2.24) is 40.4 Å². The lowest BCUT2D eigenvalue weighted by Gasteiger charge is -2.28. The highest BCUT2D eigenvalue weighted by atomic mass is 16.5. The zero-order valence-corrected chi connectivity index (χ0v) is 33.2. The van der Waals surface area contributed by atoms with Crippen molar-refractivity contribution >= 4 is 24.0 Å². The number of amides is 4. The Labute approximate surface area is 337 Å². The first-order chi connectivity index (χ1) is 28.1. The van der Waals surface area contributed by atoms with Gasteiger partial charge in [0.1, 0.15) is 17.7 Å². The molecule has 4 N–H and O–H groups in total. The van der Waals surface area contributed by atoms with E-state index in [0.29, 0.717) is 18.9 Å². The molecule has 4 aromatic rings. The topological polar surface area (TPSA) is 175 Å². The number of carbonyl (C=O) groups excluding carboxylic acids is 4. The molecule has 8 rings (SSSR count). The first kappa shape index (κ1) is 38.8. The predicted octanol–water partition coefficient (Wildman–Crippen LogP) is 6.32. The monoisotopic (exact) mass is 786 g/mol. The van der Waals surface area contributed by atoms with E-state index in [4.69, 9.17) is 16.4 Å². The van der Waals surface area contributed by atoms with E-state index in [1.165, 1.54) is 56.6 Å². The predicted molar refractivity (Wildman–Crippen MR) is 216 cm³/mol. The number of aromatic amines is 2. The second-order valence-corrected chi connectivity index (χ2v) is 15.9. The molecule has 14 heteroatoms. The average molecular weight is 787 g/mol. The molecule has 4 atom stereocenters. The van der Waals surface area contributed by atoms with Gasteiger partial charge in [-0.3, -0.25) is 14.9 Å². The van der Waals surface area contributed by atoms with E-state index in [0.717, 1.165) is 72.4 Å². The van der Waals surface area contributed by atoms with Gasteiger partial charge in [-0.05, 0) is 91.5 Å². The molecule has 1 spiro atoms. The lowest BCUT2D eigenvalue weighted by molar-refractivity contribution is -0.134. The Morgan fingerprint density at radius 2 is 1.34 bits per heavy atom. The van der Waals surface area contributed by atoms with Gasteiger partial charge in [0.25, 0.3) is 5.91 Å². The Morgan fingerprint density at radius 3 is 1.98 bits per heavy atom. The van der Waals surface area contributed by atoms with Gasteiger partial charge in [-0.15, -0.1) is 6.42 Å². The summed E-state index contributed by atoms with van der Waals surface area (Å²) in [7, 11) is 2.51. The summed E-state index contributed by atoms with van der Waals surface area (Å²) in [6.07, 6.45) is 18.0. The number of benzene rings is 2. The fourth-order valence-electron chi connectivity index (χ4n) is 9.87. The molecule has 302 valence electrons. The third kappa shape index (κ3) is 7.07. The number of hydrogen-bond donors (Lipinski definition) is 4. The Balaban J connectivity index is 1.04. The molecular weight excluding hydrogens is 737 g/mol. The number of alkyl carbamates (subject to hydrolysis) is 2. The fourth-order valence-corrected chi connectivity index (χ4v) is 9.87. The van der Waals surface area contributed by atoms with Gasteiger partial charge in [0, 0.05) is 18.7 Å². The van der Waals surface area contributed by atoms with Crippen LogP contribution in [0.1, 0.15) is 99.6 Å². The largest absolute Gasteiger partial charge is 0.453 e. The lowest BCUT2D eigenvalue weighted by atomic mass is 9.76. The number of aromatic nitrogens is 4. The SMILES string of the molecule is C#C[C@H](NC(=O)OC)C(=O)N1CCC[C@H]1c1ncc(-c2ccc(-c3ccc(-c4cnc([C@@H]5CCCN5C(=O)[C@H](C)NC(=O)OC)[nH]4)cc3)c3c2CCC32CCCC2)[nH]1. The molecule has 0 bridgehead atoms. The number of rotatable bonds is 9. The zero-order valence-electron chi connectivity index (χ0n) is 33.2. The Hall–Kier alpha value is -6.10. The molecule has 0 radical (unpaired) electrons. The minimum atomic E-state index is -1.12. The summed E-state index contributed by atoms with van der Waals surface area (Å²) < 4.78 is 9.35. The van der Waals surface area contributed by atoms with Crippen LogP contribution < -0.4 is 10.6 Å². The second kappa shape index (κ2) is 16.0. The summed E-state index contributed by atoms with van der Waals surface area (Å²) in [5, 5.41) is 5.04. The highest BCUT2D eigenvalue weighted by Crippen LogP contribution is 2.55. The van der Waals surface area contributed by atoms with Crippen LogP contribution in [-0.4, -0.2) is 93.1 Å². The second-order valence-electron chi connectivity index (χ2n) is 15.9. The number of terminal acetylenes is 1. The molecule has 4 heterocycles. The molecule has 4 aliphatic rings. The molecule has 3 fully saturated rings. The van der Waals surface area contributed by atoms with Gasteiger partial charge >= 0.3 is 12.2 Å². The number of nitrogens with one attached hydrogen (secondary N) is 4. The van der Waals surface area contributed by atoms with Crippen molar-refractivity contribution in [2.45, 2.75) is 101 Å². The highest BCUT2D eigenvalue weighted by molar-refractivity contribution is 5.89. The van der Waals surface area contributed by atoms with Gasteiger partial charge in [0.15, 0.2) is 6.04 Å². The molecule has 4 amide bonds. The van der Waals surface area contributed by atoms with E-state index >= 15 is 0 Å². The normalized spacial score (nSPS) is 20.4. The van der Waals surface area contributed by atoms with Crippen LogP contribution in [0, 0.1) is 12.3 Å². The van der Waals surface area contributed by atoms with E-state index in [1.54, 1.807) is 16.7 Å². The van der Waals surface area contributed by atoms with Gasteiger partial charge in [0.2, 0.25) is 5.91 Å². The van der Waals surface area contributed by atoms with Crippen molar-refractivity contribution < 1.29 is 28.7 Å². The van der Waals surface area contributed by atoms with Gasteiger partial charge in [-0.1, -0.05) is 55.2 Å². The van der Waals surface area contributed by atoms with Crippen LogP contribution in [0.3, 0.4) is 0 Å². The Kier molecular flexibility index (Phi) is 10.7. The number of nitrogens with zero attached hydrogens (tertiary/aromatic N) is 4. The van der Waals surface area contributed by atoms with Crippen LogP contribution in [-0.2, 0) is 30.9 Å². The molecule has 2 aliphatic heterocycles. The van der Waals surface area contributed by atoms with Crippen LogP contribution in [0.2, 0.25) is 0 Å². The van der Waals surface area contributed by atoms with Crippen LogP contribution in [0.25, 0.3) is 33.6 Å². The molecule has 2 aliphatic carbocycles. The van der Waals surface area contributed by atoms with E-state index in [1.807, 2.05) is 12.4 Å². The van der Waals surface area contributed by atoms with Crippen molar-refractivity contribution in [3.8, 4) is 46.0 Å². The number of imidazole rings is 2. The number of hydrogen-bond acceptors (Lipinski definition) is 8. The first-order valence-corrected chi connectivity index (χ1v) is 20.3. The molecule has 14 nitrogen and oxygen atoms in total. The lowest BCUT2D eigenvalue weighted by Crippen LogP contribution is -2.47. The standard InChI is InChI=1S/C44H50N8O6/c1-5-32(50-43(56)58-4)41(54)52-23-9-11-36(52)39-46-25-34(49-39)30-17-16-29(37-31(30)18-21-44(37)19-6-7-20-44)27-12-14-28(15-13-27)33-24-45-38(48-33)35-10-8-22-51(35)40(53)26(2)47-42(55)57-3/h1,12-17,24-26,32,35-36H,6-11,18-23H2,2-4H3,(H,45,48)(H,46,49)(H,47,55)(H,50,56)/t26-,32-,35-,36-/m0/s1. The van der Waals surface area contributed by atoms with Crippen molar-refractivity contribution in [3.63, 3.8) is 0 Å². The first-order valence-electron chi connectivity index (χ1n) is 20.3. The third-order valence-corrected chi connectivity index (χ3v) is 12.7.